The van der Waals surface area contributed by atoms with Gasteiger partial charge in [-0.1, -0.05) is 36.4 Å². The molecular weight excluding hydrogens is 428 g/mol. The number of rotatable bonds is 4. The van der Waals surface area contributed by atoms with E-state index in [4.69, 9.17) is 0 Å². The highest BCUT2D eigenvalue weighted by Crippen LogP contribution is 2.44. The Hall–Kier alpha value is -3.58. The lowest BCUT2D eigenvalue weighted by Gasteiger charge is -2.36. The van der Waals surface area contributed by atoms with Crippen LogP contribution in [-0.4, -0.2) is 45.2 Å². The van der Waals surface area contributed by atoms with Crippen molar-refractivity contribution in [2.45, 2.75) is 37.9 Å². The number of aromatic hydroxyl groups is 1. The first-order valence-corrected chi connectivity index (χ1v) is 11.9. The molecule has 1 atom stereocenters. The number of nitrogens with zero attached hydrogens (tertiary/aromatic N) is 3. The molecule has 174 valence electrons. The Morgan fingerprint density at radius 3 is 2.56 bits per heavy atom. The van der Waals surface area contributed by atoms with Crippen molar-refractivity contribution in [3.63, 3.8) is 0 Å². The molecule has 1 unspecified atom stereocenters. The molecule has 0 radical (unpaired) electrons. The first-order valence-electron chi connectivity index (χ1n) is 11.9. The number of nitrogens with one attached hydrogen (secondary N) is 1. The van der Waals surface area contributed by atoms with Crippen LogP contribution in [0.5, 0.6) is 5.75 Å². The van der Waals surface area contributed by atoms with Crippen LogP contribution in [0.4, 0.5) is 0 Å². The maximum Gasteiger partial charge on any atom is 0.329 e. The number of likely N-dealkylation sites (N-methyl/N-ethyl adjacent to an activating group) is 1. The average Bonchev–Trinajstić information content (AvgIpc) is 3.38. The highest BCUT2D eigenvalue weighted by molar-refractivity contribution is 5.95. The Morgan fingerprint density at radius 2 is 1.79 bits per heavy atom. The van der Waals surface area contributed by atoms with Gasteiger partial charge in [0.25, 0.3) is 0 Å². The van der Waals surface area contributed by atoms with Crippen LogP contribution in [0, 0.1) is 0 Å². The summed E-state index contributed by atoms with van der Waals surface area (Å²) in [6.45, 7) is 1.82. The molecule has 2 heterocycles. The fourth-order valence-corrected chi connectivity index (χ4v) is 6.00. The quantitative estimate of drug-likeness (QED) is 0.494. The standard InChI is InChI=1S/C27H28N4O3/c1-28-25(33)16-30-21-7-2-3-8-22(21)31(27(30)34)18-11-13-29(14-12-18)23-15-17-9-10-24(32)20-6-4-5-19(23)26(17)20/h2-10,18,23,32H,11-16H2,1H3,(H,28,33). The van der Waals surface area contributed by atoms with Crippen LogP contribution in [0.3, 0.4) is 0 Å². The SMILES string of the molecule is CNC(=O)Cn1c(=O)n(C2CCN(C3Cc4ccc(O)c5cccc3c45)CC2)c2ccccc21. The maximum absolute atomic E-state index is 13.4. The van der Waals surface area contributed by atoms with E-state index in [0.29, 0.717) is 11.8 Å². The summed E-state index contributed by atoms with van der Waals surface area (Å²) in [6.07, 6.45) is 2.70. The number of imidazole rings is 1. The number of likely N-dealkylation sites (tertiary alicyclic amines) is 1. The summed E-state index contributed by atoms with van der Waals surface area (Å²) < 4.78 is 3.49. The minimum absolute atomic E-state index is 0.0267. The molecule has 34 heavy (non-hydrogen) atoms. The maximum atomic E-state index is 13.4. The van der Waals surface area contributed by atoms with Gasteiger partial charge in [0.2, 0.25) is 5.91 Å². The van der Waals surface area contributed by atoms with Crippen molar-refractivity contribution in [1.29, 1.82) is 0 Å². The molecule has 7 nitrogen and oxygen atoms in total. The zero-order chi connectivity index (χ0) is 23.4. The van der Waals surface area contributed by atoms with Crippen molar-refractivity contribution in [2.24, 2.45) is 0 Å². The van der Waals surface area contributed by atoms with Crippen LogP contribution >= 0.6 is 0 Å². The van der Waals surface area contributed by atoms with Gasteiger partial charge in [0.15, 0.2) is 0 Å². The molecule has 0 saturated carbocycles. The van der Waals surface area contributed by atoms with Gasteiger partial charge >= 0.3 is 5.69 Å². The smallest absolute Gasteiger partial charge is 0.329 e. The van der Waals surface area contributed by atoms with Gasteiger partial charge in [-0.25, -0.2) is 4.79 Å². The molecule has 0 spiro atoms. The van der Waals surface area contributed by atoms with Gasteiger partial charge in [-0.2, -0.15) is 0 Å². The third-order valence-electron chi connectivity index (χ3n) is 7.66. The molecule has 0 bridgehead atoms. The highest BCUT2D eigenvalue weighted by atomic mass is 16.3. The number of phenolic OH excluding ortho intramolecular Hbond substituents is 1. The lowest BCUT2D eigenvalue weighted by molar-refractivity contribution is -0.121. The first kappa shape index (κ1) is 21.0. The van der Waals surface area contributed by atoms with Crippen molar-refractivity contribution in [3.8, 4) is 5.75 Å². The monoisotopic (exact) mass is 456 g/mol. The van der Waals surface area contributed by atoms with Crippen molar-refractivity contribution in [2.75, 3.05) is 20.1 Å². The number of amides is 1. The minimum Gasteiger partial charge on any atom is -0.507 e. The molecule has 2 N–H and O–H groups in total. The number of benzene rings is 3. The second-order valence-corrected chi connectivity index (χ2v) is 9.40. The number of fused-ring (bicyclic) bond motifs is 1. The fraction of sp³-hybridized carbons (Fsp3) is 0.333. The molecule has 3 aromatic carbocycles. The molecule has 4 aromatic rings. The van der Waals surface area contributed by atoms with E-state index >= 15 is 0 Å². The fourth-order valence-electron chi connectivity index (χ4n) is 6.00. The third-order valence-corrected chi connectivity index (χ3v) is 7.66. The summed E-state index contributed by atoms with van der Waals surface area (Å²) >= 11 is 0. The van der Waals surface area contributed by atoms with Crippen LogP contribution in [0.15, 0.2) is 59.4 Å². The summed E-state index contributed by atoms with van der Waals surface area (Å²) in [6, 6.07) is 18.2. The van der Waals surface area contributed by atoms with Gasteiger partial charge in [0.05, 0.1) is 11.0 Å². The normalized spacial score (nSPS) is 18.7. The van der Waals surface area contributed by atoms with Gasteiger partial charge in [0.1, 0.15) is 12.3 Å². The second kappa shape index (κ2) is 8.02. The molecule has 1 aromatic heterocycles. The number of piperidine rings is 1. The Labute approximate surface area is 197 Å². The van der Waals surface area contributed by atoms with Crippen LogP contribution in [0.1, 0.15) is 36.1 Å². The van der Waals surface area contributed by atoms with Gasteiger partial charge in [0, 0.05) is 37.6 Å². The average molecular weight is 457 g/mol. The summed E-state index contributed by atoms with van der Waals surface area (Å²) in [7, 11) is 1.59. The highest BCUT2D eigenvalue weighted by Gasteiger charge is 2.33. The topological polar surface area (TPSA) is 79.5 Å². The molecule has 6 rings (SSSR count). The Balaban J connectivity index is 1.28. The van der Waals surface area contributed by atoms with Gasteiger partial charge < -0.3 is 10.4 Å². The number of aromatic nitrogens is 2. The van der Waals surface area contributed by atoms with Crippen LogP contribution < -0.4 is 11.0 Å². The Bertz CT molecular complexity index is 1480. The predicted octanol–water partition coefficient (Wildman–Crippen LogP) is 3.34. The zero-order valence-corrected chi connectivity index (χ0v) is 19.2. The van der Waals surface area contributed by atoms with Crippen molar-refractivity contribution in [3.05, 3.63) is 76.2 Å². The van der Waals surface area contributed by atoms with Crippen molar-refractivity contribution >= 4 is 27.7 Å². The van der Waals surface area contributed by atoms with E-state index in [1.165, 1.54) is 16.5 Å². The molecule has 7 heteroatoms. The Kier molecular flexibility index (Phi) is 4.95. The lowest BCUT2D eigenvalue weighted by Crippen LogP contribution is -2.40. The number of para-hydroxylation sites is 2. The molecule has 1 aliphatic heterocycles. The third kappa shape index (κ3) is 3.15. The largest absolute Gasteiger partial charge is 0.507 e. The number of hydrogen-bond donors (Lipinski definition) is 2. The molecular formula is C27H28N4O3. The van der Waals surface area contributed by atoms with E-state index in [2.05, 4.69) is 22.3 Å². The number of phenols is 1. The van der Waals surface area contributed by atoms with E-state index < -0.39 is 0 Å². The predicted molar refractivity (Wildman–Crippen MR) is 132 cm³/mol. The minimum atomic E-state index is -0.180. The van der Waals surface area contributed by atoms with E-state index in [0.717, 1.165) is 48.8 Å². The van der Waals surface area contributed by atoms with Gasteiger partial charge in [-0.15, -0.1) is 0 Å². The van der Waals surface area contributed by atoms with E-state index in [1.54, 1.807) is 17.7 Å². The van der Waals surface area contributed by atoms with Gasteiger partial charge in [-0.3, -0.25) is 18.8 Å². The van der Waals surface area contributed by atoms with Crippen molar-refractivity contribution in [1.82, 2.24) is 19.4 Å². The summed E-state index contributed by atoms with van der Waals surface area (Å²) in [4.78, 5) is 28.0. The summed E-state index contributed by atoms with van der Waals surface area (Å²) in [5.74, 6) is 0.160. The lowest BCUT2D eigenvalue weighted by atomic mass is 9.99. The summed E-state index contributed by atoms with van der Waals surface area (Å²) in [5, 5.41) is 15.1. The van der Waals surface area contributed by atoms with Crippen LogP contribution in [0.25, 0.3) is 21.8 Å². The van der Waals surface area contributed by atoms with Gasteiger partial charge in [-0.05, 0) is 54.0 Å². The number of hydrogen-bond acceptors (Lipinski definition) is 4. The number of carbonyl (C=O) groups excluding carboxylic acids is 1. The molecule has 1 aliphatic carbocycles. The summed E-state index contributed by atoms with van der Waals surface area (Å²) in [5.41, 5.74) is 4.17. The van der Waals surface area contributed by atoms with E-state index in [-0.39, 0.29) is 24.2 Å². The number of carbonyl (C=O) groups is 1. The van der Waals surface area contributed by atoms with E-state index in [9.17, 15) is 14.7 Å². The zero-order valence-electron chi connectivity index (χ0n) is 19.2. The van der Waals surface area contributed by atoms with E-state index in [1.807, 2.05) is 41.0 Å². The van der Waals surface area contributed by atoms with Crippen LogP contribution in [-0.2, 0) is 17.8 Å². The first-order chi connectivity index (χ1) is 16.6. The molecule has 1 amide bonds. The molecule has 2 aliphatic rings. The molecule has 1 fully saturated rings. The van der Waals surface area contributed by atoms with Crippen LogP contribution in [0.2, 0.25) is 0 Å². The Morgan fingerprint density at radius 1 is 1.03 bits per heavy atom. The second-order valence-electron chi connectivity index (χ2n) is 9.40. The molecule has 1 saturated heterocycles. The van der Waals surface area contributed by atoms with Crippen molar-refractivity contribution < 1.29 is 9.90 Å².